The summed E-state index contributed by atoms with van der Waals surface area (Å²) >= 11 is 6.18. The highest BCUT2D eigenvalue weighted by Gasteiger charge is 2.12. The van der Waals surface area contributed by atoms with Crippen LogP contribution in [0.3, 0.4) is 0 Å². The van der Waals surface area contributed by atoms with Crippen LogP contribution in [0.1, 0.15) is 18.1 Å². The summed E-state index contributed by atoms with van der Waals surface area (Å²) < 4.78 is 19.5. The second kappa shape index (κ2) is 6.73. The van der Waals surface area contributed by atoms with E-state index in [1.165, 1.54) is 6.07 Å². The van der Waals surface area contributed by atoms with Gasteiger partial charge in [0.05, 0.1) is 5.02 Å². The molecule has 0 aliphatic carbocycles. The third kappa shape index (κ3) is 3.50. The van der Waals surface area contributed by atoms with Gasteiger partial charge >= 0.3 is 0 Å². The molecule has 106 valence electrons. The minimum absolute atomic E-state index is 0.191. The van der Waals surface area contributed by atoms with E-state index in [2.05, 4.69) is 5.32 Å². The Labute approximate surface area is 123 Å². The van der Waals surface area contributed by atoms with Gasteiger partial charge in [0.2, 0.25) is 0 Å². The molecule has 0 bridgehead atoms. The molecule has 0 aliphatic rings. The number of nitrogens with one attached hydrogen (secondary N) is 1. The molecule has 0 aromatic heterocycles. The Bertz CT molecular complexity index is 601. The Morgan fingerprint density at radius 2 is 2.05 bits per heavy atom. The predicted molar refractivity (Wildman–Crippen MR) is 80.0 cm³/mol. The second-order valence-electron chi connectivity index (χ2n) is 4.54. The summed E-state index contributed by atoms with van der Waals surface area (Å²) in [5.41, 5.74) is 1.84. The minimum atomic E-state index is -0.398. The molecule has 0 fully saturated rings. The Morgan fingerprint density at radius 1 is 1.25 bits per heavy atom. The third-order valence-corrected chi connectivity index (χ3v) is 3.21. The lowest BCUT2D eigenvalue weighted by molar-refractivity contribution is 0.436. The first-order chi connectivity index (χ1) is 9.61. The lowest BCUT2D eigenvalue weighted by Crippen LogP contribution is -2.12. The quantitative estimate of drug-likeness (QED) is 0.863. The van der Waals surface area contributed by atoms with Gasteiger partial charge in [-0.3, -0.25) is 0 Å². The summed E-state index contributed by atoms with van der Waals surface area (Å²) in [6.45, 7) is 5.37. The summed E-state index contributed by atoms with van der Waals surface area (Å²) in [6, 6.07) is 10.3. The molecule has 2 nitrogen and oxygen atoms in total. The maximum absolute atomic E-state index is 13.8. The van der Waals surface area contributed by atoms with Gasteiger partial charge in [0, 0.05) is 12.1 Å². The van der Waals surface area contributed by atoms with Crippen molar-refractivity contribution in [2.75, 3.05) is 6.54 Å². The van der Waals surface area contributed by atoms with Crippen molar-refractivity contribution in [1.82, 2.24) is 5.32 Å². The Kier molecular flexibility index (Phi) is 4.99. The average molecular weight is 294 g/mol. The molecule has 0 saturated heterocycles. The standard InChI is InChI=1S/C16H17ClFNO/c1-3-19-10-12-5-4-6-13(17)16(12)20-15-9-11(2)7-8-14(15)18/h4-9,19H,3,10H2,1-2H3. The number of hydrogen-bond donors (Lipinski definition) is 1. The van der Waals surface area contributed by atoms with Crippen molar-refractivity contribution < 1.29 is 9.13 Å². The van der Waals surface area contributed by atoms with Crippen LogP contribution in [0.5, 0.6) is 11.5 Å². The molecule has 0 radical (unpaired) electrons. The number of para-hydroxylation sites is 1. The molecule has 0 aliphatic heterocycles. The van der Waals surface area contributed by atoms with Gasteiger partial charge in [-0.05, 0) is 37.2 Å². The molecular weight excluding hydrogens is 277 g/mol. The number of rotatable bonds is 5. The zero-order chi connectivity index (χ0) is 14.5. The minimum Gasteiger partial charge on any atom is -0.452 e. The highest BCUT2D eigenvalue weighted by atomic mass is 35.5. The summed E-state index contributed by atoms with van der Waals surface area (Å²) in [5.74, 6) is 0.292. The number of hydrogen-bond acceptors (Lipinski definition) is 2. The van der Waals surface area contributed by atoms with Crippen LogP contribution in [0, 0.1) is 12.7 Å². The van der Waals surface area contributed by atoms with E-state index in [-0.39, 0.29) is 5.75 Å². The van der Waals surface area contributed by atoms with Crippen LogP contribution in [0.4, 0.5) is 4.39 Å². The highest BCUT2D eigenvalue weighted by Crippen LogP contribution is 2.34. The van der Waals surface area contributed by atoms with Crippen LogP contribution in [-0.4, -0.2) is 6.54 Å². The van der Waals surface area contributed by atoms with E-state index in [9.17, 15) is 4.39 Å². The summed E-state index contributed by atoms with van der Waals surface area (Å²) in [7, 11) is 0. The zero-order valence-electron chi connectivity index (χ0n) is 11.5. The van der Waals surface area contributed by atoms with Crippen molar-refractivity contribution in [3.05, 3.63) is 58.4 Å². The molecule has 0 heterocycles. The molecule has 2 rings (SSSR count). The fraction of sp³-hybridized carbons (Fsp3) is 0.250. The SMILES string of the molecule is CCNCc1cccc(Cl)c1Oc1cc(C)ccc1F. The Hall–Kier alpha value is -1.58. The molecule has 0 atom stereocenters. The van der Waals surface area contributed by atoms with Gasteiger partial charge < -0.3 is 10.1 Å². The van der Waals surface area contributed by atoms with E-state index >= 15 is 0 Å². The van der Waals surface area contributed by atoms with E-state index in [4.69, 9.17) is 16.3 Å². The van der Waals surface area contributed by atoms with Gasteiger partial charge in [0.25, 0.3) is 0 Å². The van der Waals surface area contributed by atoms with Crippen LogP contribution in [0.15, 0.2) is 36.4 Å². The molecular formula is C16H17ClFNO. The van der Waals surface area contributed by atoms with Crippen molar-refractivity contribution in [1.29, 1.82) is 0 Å². The number of ether oxygens (including phenoxy) is 1. The average Bonchev–Trinajstić information content (AvgIpc) is 2.43. The van der Waals surface area contributed by atoms with Crippen LogP contribution in [-0.2, 0) is 6.54 Å². The molecule has 1 N–H and O–H groups in total. The van der Waals surface area contributed by atoms with E-state index < -0.39 is 5.82 Å². The molecule has 20 heavy (non-hydrogen) atoms. The maximum atomic E-state index is 13.8. The van der Waals surface area contributed by atoms with Crippen molar-refractivity contribution in [2.24, 2.45) is 0 Å². The van der Waals surface area contributed by atoms with Gasteiger partial charge in [0.1, 0.15) is 0 Å². The molecule has 0 unspecified atom stereocenters. The normalized spacial score (nSPS) is 10.6. The van der Waals surface area contributed by atoms with Crippen molar-refractivity contribution in [3.63, 3.8) is 0 Å². The largest absolute Gasteiger partial charge is 0.452 e. The summed E-state index contributed by atoms with van der Waals surface area (Å²) in [5, 5.41) is 3.68. The first kappa shape index (κ1) is 14.8. The molecule has 2 aromatic rings. The van der Waals surface area contributed by atoms with Crippen molar-refractivity contribution in [3.8, 4) is 11.5 Å². The van der Waals surface area contributed by atoms with E-state index in [0.29, 0.717) is 17.3 Å². The third-order valence-electron chi connectivity index (χ3n) is 2.91. The van der Waals surface area contributed by atoms with Crippen molar-refractivity contribution in [2.45, 2.75) is 20.4 Å². The van der Waals surface area contributed by atoms with Gasteiger partial charge in [-0.15, -0.1) is 0 Å². The number of halogens is 2. The summed E-state index contributed by atoms with van der Waals surface area (Å²) in [6.07, 6.45) is 0. The first-order valence-corrected chi connectivity index (χ1v) is 6.91. The smallest absolute Gasteiger partial charge is 0.165 e. The van der Waals surface area contributed by atoms with Crippen LogP contribution >= 0.6 is 11.6 Å². The van der Waals surface area contributed by atoms with E-state index in [1.807, 2.05) is 26.0 Å². The fourth-order valence-electron chi connectivity index (χ4n) is 1.87. The van der Waals surface area contributed by atoms with E-state index in [0.717, 1.165) is 17.7 Å². The Morgan fingerprint density at radius 3 is 2.80 bits per heavy atom. The topological polar surface area (TPSA) is 21.3 Å². The molecule has 4 heteroatoms. The van der Waals surface area contributed by atoms with Gasteiger partial charge in [-0.2, -0.15) is 0 Å². The fourth-order valence-corrected chi connectivity index (χ4v) is 2.10. The maximum Gasteiger partial charge on any atom is 0.165 e. The first-order valence-electron chi connectivity index (χ1n) is 6.54. The monoisotopic (exact) mass is 293 g/mol. The van der Waals surface area contributed by atoms with Crippen LogP contribution < -0.4 is 10.1 Å². The second-order valence-corrected chi connectivity index (χ2v) is 4.95. The predicted octanol–water partition coefficient (Wildman–Crippen LogP) is 4.69. The van der Waals surface area contributed by atoms with Crippen LogP contribution in [0.2, 0.25) is 5.02 Å². The van der Waals surface area contributed by atoms with Crippen LogP contribution in [0.25, 0.3) is 0 Å². The highest BCUT2D eigenvalue weighted by molar-refractivity contribution is 6.32. The van der Waals surface area contributed by atoms with E-state index in [1.54, 1.807) is 18.2 Å². The Balaban J connectivity index is 2.34. The van der Waals surface area contributed by atoms with Gasteiger partial charge in [-0.1, -0.05) is 36.7 Å². The summed E-state index contributed by atoms with van der Waals surface area (Å²) in [4.78, 5) is 0. The lowest BCUT2D eigenvalue weighted by Gasteiger charge is -2.14. The van der Waals surface area contributed by atoms with Gasteiger partial charge in [0.15, 0.2) is 17.3 Å². The lowest BCUT2D eigenvalue weighted by atomic mass is 10.2. The van der Waals surface area contributed by atoms with Gasteiger partial charge in [-0.25, -0.2) is 4.39 Å². The number of aryl methyl sites for hydroxylation is 1. The number of benzene rings is 2. The molecule has 2 aromatic carbocycles. The van der Waals surface area contributed by atoms with Crippen molar-refractivity contribution >= 4 is 11.6 Å². The molecule has 0 saturated carbocycles. The molecule has 0 spiro atoms. The zero-order valence-corrected chi connectivity index (χ0v) is 12.3. The molecule has 0 amide bonds.